The van der Waals surface area contributed by atoms with Crippen LogP contribution in [0.1, 0.15) is 38.2 Å². The summed E-state index contributed by atoms with van der Waals surface area (Å²) in [6, 6.07) is 4.80. The van der Waals surface area contributed by atoms with E-state index in [1.807, 2.05) is 0 Å². The van der Waals surface area contributed by atoms with E-state index >= 15 is 0 Å². The number of hydrogen-bond acceptors (Lipinski definition) is 1. The Balaban J connectivity index is 2.16. The van der Waals surface area contributed by atoms with Crippen molar-refractivity contribution in [3.63, 3.8) is 0 Å². The Hall–Kier alpha value is -0.600. The van der Waals surface area contributed by atoms with Gasteiger partial charge in [0.05, 0.1) is 10.6 Å². The second-order valence-corrected chi connectivity index (χ2v) is 5.43. The number of benzene rings is 1. The van der Waals surface area contributed by atoms with Gasteiger partial charge in [-0.1, -0.05) is 37.4 Å². The zero-order valence-corrected chi connectivity index (χ0v) is 10.8. The van der Waals surface area contributed by atoms with Crippen molar-refractivity contribution < 1.29 is 9.50 Å². The summed E-state index contributed by atoms with van der Waals surface area (Å²) in [6.45, 7) is 2.10. The zero-order valence-electron chi connectivity index (χ0n) is 10.0. The highest BCUT2D eigenvalue weighted by Gasteiger charge is 2.39. The Labute approximate surface area is 107 Å². The first-order chi connectivity index (χ1) is 8.05. The van der Waals surface area contributed by atoms with Crippen LogP contribution in [0.2, 0.25) is 5.02 Å². The minimum absolute atomic E-state index is 0.138. The maximum atomic E-state index is 13.3. The summed E-state index contributed by atoms with van der Waals surface area (Å²) >= 11 is 5.65. The zero-order chi connectivity index (χ0) is 12.5. The SMILES string of the molecule is CCC1CCCC1(O)Cc1ccc(Cl)c(F)c1. The van der Waals surface area contributed by atoms with Crippen LogP contribution in [0.4, 0.5) is 4.39 Å². The molecule has 17 heavy (non-hydrogen) atoms. The lowest BCUT2D eigenvalue weighted by Crippen LogP contribution is -2.35. The molecule has 0 aliphatic heterocycles. The summed E-state index contributed by atoms with van der Waals surface area (Å²) in [4.78, 5) is 0. The Kier molecular flexibility index (Phi) is 3.74. The van der Waals surface area contributed by atoms with Gasteiger partial charge < -0.3 is 5.11 Å². The molecule has 2 atom stereocenters. The molecule has 1 aromatic rings. The molecule has 0 bridgehead atoms. The van der Waals surface area contributed by atoms with Crippen molar-refractivity contribution >= 4 is 11.6 Å². The first kappa shape index (κ1) is 12.8. The van der Waals surface area contributed by atoms with Crippen molar-refractivity contribution in [1.82, 2.24) is 0 Å². The van der Waals surface area contributed by atoms with E-state index in [-0.39, 0.29) is 5.02 Å². The van der Waals surface area contributed by atoms with E-state index in [1.54, 1.807) is 12.1 Å². The molecule has 0 spiro atoms. The lowest BCUT2D eigenvalue weighted by molar-refractivity contribution is 0.00143. The predicted molar refractivity (Wildman–Crippen MR) is 67.7 cm³/mol. The maximum absolute atomic E-state index is 13.3. The normalized spacial score (nSPS) is 28.6. The van der Waals surface area contributed by atoms with Crippen molar-refractivity contribution in [2.75, 3.05) is 0 Å². The lowest BCUT2D eigenvalue weighted by atomic mass is 9.83. The fraction of sp³-hybridized carbons (Fsp3) is 0.571. The molecule has 1 N–H and O–H groups in total. The predicted octanol–water partition coefficient (Wildman–Crippen LogP) is 3.96. The molecule has 1 nitrogen and oxygen atoms in total. The highest BCUT2D eigenvalue weighted by atomic mass is 35.5. The Morgan fingerprint density at radius 3 is 2.94 bits per heavy atom. The summed E-state index contributed by atoms with van der Waals surface area (Å²) in [7, 11) is 0. The van der Waals surface area contributed by atoms with Gasteiger partial charge in [0.15, 0.2) is 0 Å². The van der Waals surface area contributed by atoms with Crippen molar-refractivity contribution in [3.8, 4) is 0 Å². The van der Waals surface area contributed by atoms with Crippen LogP contribution in [-0.4, -0.2) is 10.7 Å². The van der Waals surface area contributed by atoms with Gasteiger partial charge in [-0.25, -0.2) is 4.39 Å². The third kappa shape index (κ3) is 2.63. The minimum atomic E-state index is -0.658. The first-order valence-corrected chi connectivity index (χ1v) is 6.59. The van der Waals surface area contributed by atoms with Gasteiger partial charge >= 0.3 is 0 Å². The molecule has 2 unspecified atom stereocenters. The summed E-state index contributed by atoms with van der Waals surface area (Å²) in [6.07, 6.45) is 4.45. The van der Waals surface area contributed by atoms with Gasteiger partial charge in [-0.15, -0.1) is 0 Å². The van der Waals surface area contributed by atoms with Crippen LogP contribution >= 0.6 is 11.6 Å². The van der Waals surface area contributed by atoms with Crippen molar-refractivity contribution in [2.24, 2.45) is 5.92 Å². The Bertz CT molecular complexity index is 407. The van der Waals surface area contributed by atoms with E-state index in [2.05, 4.69) is 6.92 Å². The molecule has 1 aromatic carbocycles. The van der Waals surface area contributed by atoms with Crippen molar-refractivity contribution in [3.05, 3.63) is 34.6 Å². The summed E-state index contributed by atoms with van der Waals surface area (Å²) in [5.41, 5.74) is 0.171. The number of rotatable bonds is 3. The molecule has 0 saturated heterocycles. The molecule has 94 valence electrons. The number of halogens is 2. The third-order valence-corrected chi connectivity index (χ3v) is 4.22. The maximum Gasteiger partial charge on any atom is 0.142 e. The monoisotopic (exact) mass is 256 g/mol. The second-order valence-electron chi connectivity index (χ2n) is 5.03. The molecular weight excluding hydrogens is 239 g/mol. The van der Waals surface area contributed by atoms with Gasteiger partial charge in [0.25, 0.3) is 0 Å². The van der Waals surface area contributed by atoms with Crippen LogP contribution in [0.25, 0.3) is 0 Å². The highest BCUT2D eigenvalue weighted by molar-refractivity contribution is 6.30. The molecule has 1 aliphatic rings. The van der Waals surface area contributed by atoms with E-state index in [9.17, 15) is 9.50 Å². The molecule has 2 rings (SSSR count). The first-order valence-electron chi connectivity index (χ1n) is 6.21. The second kappa shape index (κ2) is 4.95. The molecule has 3 heteroatoms. The molecule has 1 aliphatic carbocycles. The molecule has 1 saturated carbocycles. The lowest BCUT2D eigenvalue weighted by Gasteiger charge is -2.29. The summed E-state index contributed by atoms with van der Waals surface area (Å²) < 4.78 is 13.3. The average Bonchev–Trinajstić information content (AvgIpc) is 2.65. The van der Waals surface area contributed by atoms with E-state index in [4.69, 9.17) is 11.6 Å². The minimum Gasteiger partial charge on any atom is -0.389 e. The van der Waals surface area contributed by atoms with Gasteiger partial charge in [-0.3, -0.25) is 0 Å². The molecule has 0 radical (unpaired) electrons. The number of hydrogen-bond donors (Lipinski definition) is 1. The highest BCUT2D eigenvalue weighted by Crippen LogP contribution is 2.40. The largest absolute Gasteiger partial charge is 0.389 e. The van der Waals surface area contributed by atoms with Crippen LogP contribution in [0.3, 0.4) is 0 Å². The van der Waals surface area contributed by atoms with Crippen molar-refractivity contribution in [2.45, 2.75) is 44.6 Å². The average molecular weight is 257 g/mol. The van der Waals surface area contributed by atoms with Gasteiger partial charge in [0.2, 0.25) is 0 Å². The van der Waals surface area contributed by atoms with Gasteiger partial charge in [-0.2, -0.15) is 0 Å². The summed E-state index contributed by atoms with van der Waals surface area (Å²) in [5, 5.41) is 10.7. The number of aliphatic hydroxyl groups is 1. The molecule has 1 fully saturated rings. The van der Waals surface area contributed by atoms with E-state index in [0.29, 0.717) is 12.3 Å². The van der Waals surface area contributed by atoms with E-state index in [1.165, 1.54) is 6.07 Å². The standard InChI is InChI=1S/C14H18ClFO/c1-2-11-4-3-7-14(11,17)9-10-5-6-12(15)13(16)8-10/h5-6,8,11,17H,2-4,7,9H2,1H3. The van der Waals surface area contributed by atoms with Gasteiger partial charge in [0.1, 0.15) is 5.82 Å². The smallest absolute Gasteiger partial charge is 0.142 e. The van der Waals surface area contributed by atoms with Crippen LogP contribution in [0, 0.1) is 11.7 Å². The molecule has 0 heterocycles. The Morgan fingerprint density at radius 2 is 2.29 bits per heavy atom. The topological polar surface area (TPSA) is 20.2 Å². The van der Waals surface area contributed by atoms with Crippen LogP contribution in [0.5, 0.6) is 0 Å². The van der Waals surface area contributed by atoms with Gasteiger partial charge in [-0.05, 0) is 36.5 Å². The van der Waals surface area contributed by atoms with E-state index < -0.39 is 11.4 Å². The van der Waals surface area contributed by atoms with Crippen LogP contribution in [-0.2, 0) is 6.42 Å². The van der Waals surface area contributed by atoms with Crippen LogP contribution < -0.4 is 0 Å². The quantitative estimate of drug-likeness (QED) is 0.868. The fourth-order valence-electron chi connectivity index (χ4n) is 2.95. The Morgan fingerprint density at radius 1 is 1.53 bits per heavy atom. The molecule has 0 aromatic heterocycles. The molecular formula is C14H18ClFO. The van der Waals surface area contributed by atoms with Gasteiger partial charge in [0, 0.05) is 6.42 Å². The molecule has 0 amide bonds. The summed E-state index contributed by atoms with van der Waals surface area (Å²) in [5.74, 6) is -0.0694. The van der Waals surface area contributed by atoms with Crippen molar-refractivity contribution in [1.29, 1.82) is 0 Å². The van der Waals surface area contributed by atoms with Crippen LogP contribution in [0.15, 0.2) is 18.2 Å². The van der Waals surface area contributed by atoms with E-state index in [0.717, 1.165) is 31.2 Å². The fourth-order valence-corrected chi connectivity index (χ4v) is 3.06. The third-order valence-electron chi connectivity index (χ3n) is 3.91.